The van der Waals surface area contributed by atoms with E-state index in [0.717, 1.165) is 6.42 Å². The van der Waals surface area contributed by atoms with Gasteiger partial charge in [0.1, 0.15) is 0 Å². The predicted molar refractivity (Wildman–Crippen MR) is 31.5 cm³/mol. The molecule has 0 amide bonds. The van der Waals surface area contributed by atoms with Crippen molar-refractivity contribution in [1.29, 1.82) is 0 Å². The van der Waals surface area contributed by atoms with E-state index in [0.29, 0.717) is 13.0 Å². The monoisotopic (exact) mass is 179 g/mol. The van der Waals surface area contributed by atoms with Gasteiger partial charge in [-0.05, 0) is 13.3 Å². The van der Waals surface area contributed by atoms with E-state index < -0.39 is 0 Å². The molecule has 2 nitrogen and oxygen atoms in total. The second-order valence-electron chi connectivity index (χ2n) is 1.56. The molecule has 0 saturated carbocycles. The van der Waals surface area contributed by atoms with Crippen LogP contribution >= 0.6 is 0 Å². The Hall–Kier alpha value is -0.0105. The Balaban J connectivity index is 0. The summed E-state index contributed by atoms with van der Waals surface area (Å²) in [6.45, 7) is 4.27. The van der Waals surface area contributed by atoms with Gasteiger partial charge in [-0.1, -0.05) is 6.92 Å². The molecule has 0 fully saturated rings. The van der Waals surface area contributed by atoms with Crippen LogP contribution in [0.4, 0.5) is 0 Å². The minimum absolute atomic E-state index is 0. The van der Waals surface area contributed by atoms with Gasteiger partial charge in [-0.25, -0.2) is 0 Å². The summed E-state index contributed by atoms with van der Waals surface area (Å²) in [5.41, 5.74) is 0. The van der Waals surface area contributed by atoms with Crippen LogP contribution in [0.15, 0.2) is 0 Å². The Morgan fingerprint density at radius 1 is 1.44 bits per heavy atom. The summed E-state index contributed by atoms with van der Waals surface area (Å²) in [6, 6.07) is 0. The molecule has 0 heterocycles. The number of carbonyl (C=O) groups is 1. The molecular weight excluding hydrogens is 168 g/mol. The van der Waals surface area contributed by atoms with Crippen LogP contribution in [0.1, 0.15) is 26.7 Å². The third kappa shape index (κ3) is 7.99. The third-order valence-corrected chi connectivity index (χ3v) is 0.759. The standard InChI is InChI=1S/C6H12O2.Cu/c1-3-5-6(7)8-4-2;/h3-5H2,1-2H3;/q;+1. The smallest absolute Gasteiger partial charge is 0.466 e. The van der Waals surface area contributed by atoms with Gasteiger partial charge in [0.2, 0.25) is 0 Å². The van der Waals surface area contributed by atoms with E-state index in [1.165, 1.54) is 0 Å². The van der Waals surface area contributed by atoms with E-state index in [4.69, 9.17) is 0 Å². The molecule has 0 atom stereocenters. The molecule has 0 aromatic carbocycles. The number of esters is 1. The Bertz CT molecular complexity index is 65.5. The van der Waals surface area contributed by atoms with Crippen molar-refractivity contribution in [2.24, 2.45) is 0 Å². The quantitative estimate of drug-likeness (QED) is 0.483. The van der Waals surface area contributed by atoms with Crippen LogP contribution in [0.3, 0.4) is 0 Å². The minimum Gasteiger partial charge on any atom is -0.466 e. The van der Waals surface area contributed by atoms with Crippen LogP contribution in [0.25, 0.3) is 0 Å². The second kappa shape index (κ2) is 7.99. The van der Waals surface area contributed by atoms with Crippen molar-refractivity contribution in [3.63, 3.8) is 0 Å². The first-order valence-electron chi connectivity index (χ1n) is 2.96. The van der Waals surface area contributed by atoms with E-state index in [-0.39, 0.29) is 23.0 Å². The summed E-state index contributed by atoms with van der Waals surface area (Å²) in [4.78, 5) is 10.4. The molecule has 0 bridgehead atoms. The van der Waals surface area contributed by atoms with Crippen molar-refractivity contribution in [2.45, 2.75) is 26.7 Å². The van der Waals surface area contributed by atoms with Gasteiger partial charge in [0, 0.05) is 6.42 Å². The maximum Gasteiger partial charge on any atom is 1.00 e. The molecule has 0 aliphatic carbocycles. The Morgan fingerprint density at radius 2 is 2.00 bits per heavy atom. The summed E-state index contributed by atoms with van der Waals surface area (Å²) in [5.74, 6) is -0.0880. The molecule has 9 heavy (non-hydrogen) atoms. The summed E-state index contributed by atoms with van der Waals surface area (Å²) in [7, 11) is 0. The fourth-order valence-corrected chi connectivity index (χ4v) is 0.437. The van der Waals surface area contributed by atoms with Crippen molar-refractivity contribution < 1.29 is 26.6 Å². The molecule has 0 aromatic rings. The molecule has 0 spiro atoms. The number of ether oxygens (including phenoxy) is 1. The SMILES string of the molecule is CCCC(=O)OCC.[Cu+]. The van der Waals surface area contributed by atoms with Gasteiger partial charge in [0.25, 0.3) is 0 Å². The van der Waals surface area contributed by atoms with Crippen LogP contribution in [-0.4, -0.2) is 12.6 Å². The Morgan fingerprint density at radius 3 is 2.33 bits per heavy atom. The fourth-order valence-electron chi connectivity index (χ4n) is 0.437. The third-order valence-electron chi connectivity index (χ3n) is 0.759. The molecule has 0 radical (unpaired) electrons. The normalized spacial score (nSPS) is 7.78. The van der Waals surface area contributed by atoms with Crippen molar-refractivity contribution in [3.05, 3.63) is 0 Å². The average molecular weight is 180 g/mol. The van der Waals surface area contributed by atoms with Crippen LogP contribution in [-0.2, 0) is 26.6 Å². The molecule has 3 heteroatoms. The number of hydrogen-bond donors (Lipinski definition) is 0. The summed E-state index contributed by atoms with van der Waals surface area (Å²) < 4.78 is 4.64. The van der Waals surface area contributed by atoms with Gasteiger partial charge in [-0.15, -0.1) is 0 Å². The zero-order chi connectivity index (χ0) is 6.41. The van der Waals surface area contributed by atoms with Crippen molar-refractivity contribution in [3.8, 4) is 0 Å². The van der Waals surface area contributed by atoms with Gasteiger partial charge in [-0.3, -0.25) is 4.79 Å². The van der Waals surface area contributed by atoms with Gasteiger partial charge < -0.3 is 4.74 Å². The summed E-state index contributed by atoms with van der Waals surface area (Å²) in [5, 5.41) is 0. The molecule has 0 aromatic heterocycles. The van der Waals surface area contributed by atoms with Crippen LogP contribution in [0, 0.1) is 0 Å². The van der Waals surface area contributed by atoms with Gasteiger partial charge in [-0.2, -0.15) is 0 Å². The van der Waals surface area contributed by atoms with Crippen LogP contribution in [0.2, 0.25) is 0 Å². The Labute approximate surface area is 66.4 Å². The molecule has 0 rings (SSSR count). The molecule has 0 N–H and O–H groups in total. The first-order valence-corrected chi connectivity index (χ1v) is 2.96. The van der Waals surface area contributed by atoms with E-state index in [2.05, 4.69) is 4.74 Å². The maximum absolute atomic E-state index is 10.4. The minimum atomic E-state index is -0.0880. The number of hydrogen-bond acceptors (Lipinski definition) is 2. The van der Waals surface area contributed by atoms with Crippen molar-refractivity contribution >= 4 is 5.97 Å². The van der Waals surface area contributed by atoms with E-state index in [1.807, 2.05) is 13.8 Å². The van der Waals surface area contributed by atoms with E-state index in [1.54, 1.807) is 0 Å². The van der Waals surface area contributed by atoms with Gasteiger partial charge >= 0.3 is 23.0 Å². The summed E-state index contributed by atoms with van der Waals surface area (Å²) >= 11 is 0. The fraction of sp³-hybridized carbons (Fsp3) is 0.833. The first-order chi connectivity index (χ1) is 3.81. The van der Waals surface area contributed by atoms with Crippen LogP contribution in [0.5, 0.6) is 0 Å². The number of carbonyl (C=O) groups excluding carboxylic acids is 1. The molecule has 0 aliphatic rings. The largest absolute Gasteiger partial charge is 1.00 e. The molecule has 0 unspecified atom stereocenters. The molecule has 0 saturated heterocycles. The Kier molecular flexibility index (Phi) is 10.4. The zero-order valence-electron chi connectivity index (χ0n) is 5.74. The number of rotatable bonds is 3. The zero-order valence-corrected chi connectivity index (χ0v) is 6.68. The predicted octanol–water partition coefficient (Wildman–Crippen LogP) is 1.35. The first kappa shape index (κ1) is 11.7. The maximum atomic E-state index is 10.4. The molecule has 0 aliphatic heterocycles. The van der Waals surface area contributed by atoms with Crippen molar-refractivity contribution in [2.75, 3.05) is 6.61 Å². The van der Waals surface area contributed by atoms with Crippen molar-refractivity contribution in [1.82, 2.24) is 0 Å². The van der Waals surface area contributed by atoms with E-state index in [9.17, 15) is 4.79 Å². The van der Waals surface area contributed by atoms with Gasteiger partial charge in [0.15, 0.2) is 0 Å². The topological polar surface area (TPSA) is 26.3 Å². The molecular formula is C6H12CuO2+. The van der Waals surface area contributed by atoms with E-state index >= 15 is 0 Å². The van der Waals surface area contributed by atoms with Gasteiger partial charge in [0.05, 0.1) is 6.61 Å². The molecule has 58 valence electrons. The second-order valence-corrected chi connectivity index (χ2v) is 1.56. The summed E-state index contributed by atoms with van der Waals surface area (Å²) in [6.07, 6.45) is 1.42. The average Bonchev–Trinajstić information content (AvgIpc) is 1.68. The van der Waals surface area contributed by atoms with Crippen LogP contribution < -0.4 is 0 Å².